The summed E-state index contributed by atoms with van der Waals surface area (Å²) in [5.41, 5.74) is 0. The van der Waals surface area contributed by atoms with Gasteiger partial charge in [0.1, 0.15) is 5.01 Å². The third kappa shape index (κ3) is 2.94. The SMILES string of the molecule is CC(C)c1nnc(N2CCCCCCC2)s1. The minimum atomic E-state index is 0.501. The van der Waals surface area contributed by atoms with Gasteiger partial charge in [-0.25, -0.2) is 0 Å². The summed E-state index contributed by atoms with van der Waals surface area (Å²) in [4.78, 5) is 2.42. The van der Waals surface area contributed by atoms with E-state index in [4.69, 9.17) is 0 Å². The third-order valence-electron chi connectivity index (χ3n) is 3.05. The van der Waals surface area contributed by atoms with Gasteiger partial charge in [0, 0.05) is 19.0 Å². The van der Waals surface area contributed by atoms with Crippen LogP contribution in [0.15, 0.2) is 0 Å². The normalized spacial score (nSPS) is 18.6. The molecule has 0 aliphatic carbocycles. The molecule has 0 aromatic carbocycles. The van der Waals surface area contributed by atoms with Crippen LogP contribution in [0.2, 0.25) is 0 Å². The monoisotopic (exact) mass is 239 g/mol. The standard InChI is InChI=1S/C12H21N3S/c1-10(2)11-13-14-12(16-11)15-8-6-4-3-5-7-9-15/h10H,3-9H2,1-2H3. The lowest BCUT2D eigenvalue weighted by molar-refractivity contribution is 0.555. The van der Waals surface area contributed by atoms with Crippen LogP contribution in [0.5, 0.6) is 0 Å². The number of anilines is 1. The minimum Gasteiger partial charge on any atom is -0.347 e. The van der Waals surface area contributed by atoms with Gasteiger partial charge in [-0.1, -0.05) is 44.4 Å². The summed E-state index contributed by atoms with van der Waals surface area (Å²) in [6.45, 7) is 6.68. The Morgan fingerprint density at radius 1 is 1.00 bits per heavy atom. The summed E-state index contributed by atoms with van der Waals surface area (Å²) < 4.78 is 0. The molecule has 0 N–H and O–H groups in total. The predicted molar refractivity (Wildman–Crippen MR) is 69.3 cm³/mol. The van der Waals surface area contributed by atoms with Crippen molar-refractivity contribution >= 4 is 16.5 Å². The Hall–Kier alpha value is -0.640. The predicted octanol–water partition coefficient (Wildman–Crippen LogP) is 3.43. The molecule has 1 aliphatic rings. The molecule has 2 rings (SSSR count). The smallest absolute Gasteiger partial charge is 0.208 e. The molecule has 1 saturated heterocycles. The van der Waals surface area contributed by atoms with E-state index in [9.17, 15) is 0 Å². The van der Waals surface area contributed by atoms with Crippen molar-refractivity contribution in [3.8, 4) is 0 Å². The van der Waals surface area contributed by atoms with Crippen LogP contribution in [0, 0.1) is 0 Å². The fourth-order valence-corrected chi connectivity index (χ4v) is 2.92. The lowest BCUT2D eigenvalue weighted by atomic mass is 10.1. The average molecular weight is 239 g/mol. The molecule has 1 aliphatic heterocycles. The van der Waals surface area contributed by atoms with Crippen molar-refractivity contribution in [3.63, 3.8) is 0 Å². The van der Waals surface area contributed by atoms with E-state index in [0.29, 0.717) is 5.92 Å². The largest absolute Gasteiger partial charge is 0.347 e. The minimum absolute atomic E-state index is 0.501. The molecule has 0 bridgehead atoms. The van der Waals surface area contributed by atoms with Crippen molar-refractivity contribution < 1.29 is 0 Å². The molecule has 0 amide bonds. The summed E-state index contributed by atoms with van der Waals surface area (Å²) in [6, 6.07) is 0. The third-order valence-corrected chi connectivity index (χ3v) is 4.34. The molecule has 90 valence electrons. The fraction of sp³-hybridized carbons (Fsp3) is 0.833. The molecule has 0 spiro atoms. The van der Waals surface area contributed by atoms with Crippen LogP contribution in [0.1, 0.15) is 56.9 Å². The number of hydrogen-bond donors (Lipinski definition) is 0. The first-order valence-electron chi connectivity index (χ1n) is 6.35. The highest BCUT2D eigenvalue weighted by atomic mass is 32.1. The maximum Gasteiger partial charge on any atom is 0.208 e. The highest BCUT2D eigenvalue weighted by Crippen LogP contribution is 2.26. The van der Waals surface area contributed by atoms with Crippen LogP contribution >= 0.6 is 11.3 Å². The van der Waals surface area contributed by atoms with E-state index in [1.165, 1.54) is 32.1 Å². The Kier molecular flexibility index (Phi) is 4.16. The molecule has 1 aromatic rings. The van der Waals surface area contributed by atoms with Gasteiger partial charge in [0.25, 0.3) is 0 Å². The fourth-order valence-electron chi connectivity index (χ4n) is 2.03. The number of nitrogens with zero attached hydrogens (tertiary/aromatic N) is 3. The topological polar surface area (TPSA) is 29.0 Å². The molecule has 0 saturated carbocycles. The Morgan fingerprint density at radius 3 is 2.19 bits per heavy atom. The van der Waals surface area contributed by atoms with E-state index in [-0.39, 0.29) is 0 Å². The van der Waals surface area contributed by atoms with Gasteiger partial charge in [0.15, 0.2) is 0 Å². The number of aromatic nitrogens is 2. The molecule has 0 radical (unpaired) electrons. The van der Waals surface area contributed by atoms with Crippen molar-refractivity contribution in [3.05, 3.63) is 5.01 Å². The van der Waals surface area contributed by atoms with Crippen LogP contribution in [0.3, 0.4) is 0 Å². The molecular formula is C12H21N3S. The summed E-state index contributed by atoms with van der Waals surface area (Å²) in [5.74, 6) is 0.501. The van der Waals surface area contributed by atoms with Gasteiger partial charge in [-0.3, -0.25) is 0 Å². The first kappa shape index (κ1) is 11.8. The van der Waals surface area contributed by atoms with Gasteiger partial charge >= 0.3 is 0 Å². The van der Waals surface area contributed by atoms with Gasteiger partial charge in [-0.05, 0) is 12.8 Å². The first-order chi connectivity index (χ1) is 7.77. The van der Waals surface area contributed by atoms with E-state index in [1.54, 1.807) is 11.3 Å². The summed E-state index contributed by atoms with van der Waals surface area (Å²) in [5, 5.41) is 10.9. The lowest BCUT2D eigenvalue weighted by Crippen LogP contribution is -2.26. The van der Waals surface area contributed by atoms with Crippen LogP contribution in [-0.4, -0.2) is 23.3 Å². The summed E-state index contributed by atoms with van der Waals surface area (Å²) in [6.07, 6.45) is 6.74. The highest BCUT2D eigenvalue weighted by Gasteiger charge is 2.14. The second-order valence-electron chi connectivity index (χ2n) is 4.83. The van der Waals surface area contributed by atoms with Crippen LogP contribution in [0.4, 0.5) is 5.13 Å². The van der Waals surface area contributed by atoms with E-state index < -0.39 is 0 Å². The number of hydrogen-bond acceptors (Lipinski definition) is 4. The van der Waals surface area contributed by atoms with Gasteiger partial charge in [0.05, 0.1) is 0 Å². The second kappa shape index (κ2) is 5.62. The van der Waals surface area contributed by atoms with Crippen LogP contribution < -0.4 is 4.90 Å². The molecule has 0 atom stereocenters. The van der Waals surface area contributed by atoms with Crippen LogP contribution in [0.25, 0.3) is 0 Å². The molecule has 0 unspecified atom stereocenters. The number of rotatable bonds is 2. The second-order valence-corrected chi connectivity index (χ2v) is 5.82. The molecule has 2 heterocycles. The van der Waals surface area contributed by atoms with Crippen molar-refractivity contribution in [1.29, 1.82) is 0 Å². The summed E-state index contributed by atoms with van der Waals surface area (Å²) >= 11 is 1.77. The molecular weight excluding hydrogens is 218 g/mol. The molecule has 3 nitrogen and oxygen atoms in total. The molecule has 1 fully saturated rings. The first-order valence-corrected chi connectivity index (χ1v) is 7.17. The van der Waals surface area contributed by atoms with E-state index in [2.05, 4.69) is 28.9 Å². The highest BCUT2D eigenvalue weighted by molar-refractivity contribution is 7.15. The summed E-state index contributed by atoms with van der Waals surface area (Å²) in [7, 11) is 0. The zero-order valence-electron chi connectivity index (χ0n) is 10.3. The quantitative estimate of drug-likeness (QED) is 0.791. The van der Waals surface area contributed by atoms with Crippen molar-refractivity contribution in [2.45, 2.75) is 51.9 Å². The lowest BCUT2D eigenvalue weighted by Gasteiger charge is -2.23. The maximum atomic E-state index is 4.33. The Bertz CT molecular complexity index is 314. The van der Waals surface area contributed by atoms with Crippen LogP contribution in [-0.2, 0) is 0 Å². The van der Waals surface area contributed by atoms with E-state index >= 15 is 0 Å². The van der Waals surface area contributed by atoms with Crippen molar-refractivity contribution in [1.82, 2.24) is 10.2 Å². The van der Waals surface area contributed by atoms with Gasteiger partial charge < -0.3 is 4.90 Å². The van der Waals surface area contributed by atoms with Gasteiger partial charge in [0.2, 0.25) is 5.13 Å². The Morgan fingerprint density at radius 2 is 1.62 bits per heavy atom. The van der Waals surface area contributed by atoms with Gasteiger partial charge in [-0.2, -0.15) is 0 Å². The zero-order valence-corrected chi connectivity index (χ0v) is 11.1. The molecule has 1 aromatic heterocycles. The van der Waals surface area contributed by atoms with Gasteiger partial charge in [-0.15, -0.1) is 10.2 Å². The molecule has 4 heteroatoms. The van der Waals surface area contributed by atoms with Crippen molar-refractivity contribution in [2.75, 3.05) is 18.0 Å². The maximum absolute atomic E-state index is 4.33. The molecule has 16 heavy (non-hydrogen) atoms. The Labute approximate surface area is 102 Å². The van der Waals surface area contributed by atoms with E-state index in [1.807, 2.05) is 0 Å². The zero-order chi connectivity index (χ0) is 11.4. The van der Waals surface area contributed by atoms with E-state index in [0.717, 1.165) is 23.2 Å². The average Bonchev–Trinajstić information content (AvgIpc) is 2.66. The van der Waals surface area contributed by atoms with Crippen molar-refractivity contribution in [2.24, 2.45) is 0 Å². The Balaban J connectivity index is 2.02.